The van der Waals surface area contributed by atoms with E-state index < -0.39 is 5.41 Å². The van der Waals surface area contributed by atoms with Gasteiger partial charge in [-0.1, -0.05) is 26.0 Å². The molecule has 3 rings (SSSR count). The van der Waals surface area contributed by atoms with Crippen LogP contribution >= 0.6 is 0 Å². The SMILES string of the molecule is C=C1C(C)(C)[C@@H]2CC[C@]1(C(=O)N/N=C/c1ccc(O)c(O)c1)C2. The summed E-state index contributed by atoms with van der Waals surface area (Å²) in [4.78, 5) is 12.7. The summed E-state index contributed by atoms with van der Waals surface area (Å²) in [7, 11) is 0. The molecule has 2 fully saturated rings. The van der Waals surface area contributed by atoms with Gasteiger partial charge in [0, 0.05) is 0 Å². The molecule has 1 amide bonds. The van der Waals surface area contributed by atoms with E-state index in [1.807, 2.05) is 0 Å². The third kappa shape index (κ3) is 2.31. The standard InChI is InChI=1S/C18H22N2O3/c1-11-17(2,3)13-6-7-18(11,9-13)16(23)20-19-10-12-4-5-14(21)15(22)8-12/h4-5,8,10,13,21-22H,1,6-7,9H2,2-3H3,(H,20,23)/b19-10+/t13-,18+/m1/s1. The van der Waals surface area contributed by atoms with E-state index in [1.54, 1.807) is 6.07 Å². The van der Waals surface area contributed by atoms with Crippen LogP contribution in [0, 0.1) is 16.7 Å². The molecule has 5 nitrogen and oxygen atoms in total. The molecule has 0 saturated heterocycles. The lowest BCUT2D eigenvalue weighted by molar-refractivity contribution is -0.128. The van der Waals surface area contributed by atoms with E-state index in [-0.39, 0.29) is 22.8 Å². The summed E-state index contributed by atoms with van der Waals surface area (Å²) in [6, 6.07) is 4.36. The van der Waals surface area contributed by atoms with E-state index >= 15 is 0 Å². The molecule has 0 aromatic heterocycles. The summed E-state index contributed by atoms with van der Waals surface area (Å²) in [5, 5.41) is 22.7. The Morgan fingerprint density at radius 2 is 2.13 bits per heavy atom. The number of phenolic OH excluding ortho intramolecular Hbond substituents is 2. The molecule has 2 aliphatic carbocycles. The molecule has 0 unspecified atom stereocenters. The van der Waals surface area contributed by atoms with Crippen molar-refractivity contribution >= 4 is 12.1 Å². The second kappa shape index (κ2) is 5.11. The van der Waals surface area contributed by atoms with Gasteiger partial charge in [-0.3, -0.25) is 4.79 Å². The number of nitrogens with zero attached hydrogens (tertiary/aromatic N) is 1. The van der Waals surface area contributed by atoms with Gasteiger partial charge in [-0.25, -0.2) is 5.43 Å². The minimum Gasteiger partial charge on any atom is -0.504 e. The van der Waals surface area contributed by atoms with Crippen LogP contribution in [0.1, 0.15) is 38.7 Å². The molecule has 2 atom stereocenters. The third-order valence-electron chi connectivity index (χ3n) is 5.70. The van der Waals surface area contributed by atoms with Crippen molar-refractivity contribution in [2.24, 2.45) is 21.8 Å². The number of phenols is 2. The number of fused-ring (bicyclic) bond motifs is 2. The Kier molecular flexibility index (Phi) is 3.47. The van der Waals surface area contributed by atoms with Gasteiger partial charge in [-0.05, 0) is 54.4 Å². The lowest BCUT2D eigenvalue weighted by Gasteiger charge is -2.36. The summed E-state index contributed by atoms with van der Waals surface area (Å²) in [6.07, 6.45) is 4.18. The first-order valence-electron chi connectivity index (χ1n) is 7.83. The molecule has 0 aliphatic heterocycles. The maximum absolute atomic E-state index is 12.7. The van der Waals surface area contributed by atoms with Crippen LogP contribution in [0.4, 0.5) is 0 Å². The van der Waals surface area contributed by atoms with Crippen LogP contribution in [-0.2, 0) is 4.79 Å². The van der Waals surface area contributed by atoms with Gasteiger partial charge in [0.05, 0.1) is 11.6 Å². The molecule has 2 aliphatic rings. The largest absolute Gasteiger partial charge is 0.504 e. The second-order valence-electron chi connectivity index (χ2n) is 7.17. The van der Waals surface area contributed by atoms with Crippen LogP contribution in [-0.4, -0.2) is 22.3 Å². The van der Waals surface area contributed by atoms with Crippen molar-refractivity contribution in [2.75, 3.05) is 0 Å². The van der Waals surface area contributed by atoms with Crippen LogP contribution in [0.25, 0.3) is 0 Å². The number of hydrazone groups is 1. The lowest BCUT2D eigenvalue weighted by atomic mass is 9.68. The quantitative estimate of drug-likeness (QED) is 0.347. The highest BCUT2D eigenvalue weighted by Crippen LogP contribution is 2.65. The molecule has 0 radical (unpaired) electrons. The molecule has 2 bridgehead atoms. The Morgan fingerprint density at radius 1 is 1.39 bits per heavy atom. The van der Waals surface area contributed by atoms with Crippen molar-refractivity contribution in [1.29, 1.82) is 0 Å². The van der Waals surface area contributed by atoms with Gasteiger partial charge in [-0.2, -0.15) is 5.10 Å². The van der Waals surface area contributed by atoms with Crippen molar-refractivity contribution in [3.8, 4) is 11.5 Å². The van der Waals surface area contributed by atoms with Crippen molar-refractivity contribution < 1.29 is 15.0 Å². The van der Waals surface area contributed by atoms with Gasteiger partial charge in [0.1, 0.15) is 0 Å². The summed E-state index contributed by atoms with van der Waals surface area (Å²) in [6.45, 7) is 8.52. The molecule has 1 aromatic rings. The zero-order valence-corrected chi connectivity index (χ0v) is 13.5. The average molecular weight is 314 g/mol. The van der Waals surface area contributed by atoms with E-state index in [0.717, 1.165) is 24.8 Å². The Labute approximate surface area is 135 Å². The molecular weight excluding hydrogens is 292 g/mol. The van der Waals surface area contributed by atoms with Gasteiger partial charge in [0.25, 0.3) is 0 Å². The lowest BCUT2D eigenvalue weighted by Crippen LogP contribution is -2.39. The minimum atomic E-state index is -0.497. The normalized spacial score (nSPS) is 28.4. The highest BCUT2D eigenvalue weighted by molar-refractivity contribution is 5.89. The number of hydrogen-bond donors (Lipinski definition) is 3. The predicted molar refractivity (Wildman–Crippen MR) is 88.2 cm³/mol. The molecule has 2 saturated carbocycles. The van der Waals surface area contributed by atoms with E-state index in [9.17, 15) is 15.0 Å². The maximum Gasteiger partial charge on any atom is 0.250 e. The average Bonchev–Trinajstić information content (AvgIpc) is 3.03. The van der Waals surface area contributed by atoms with E-state index in [1.165, 1.54) is 18.3 Å². The van der Waals surface area contributed by atoms with Crippen molar-refractivity contribution in [1.82, 2.24) is 5.43 Å². The molecule has 3 N–H and O–H groups in total. The molecule has 122 valence electrons. The summed E-state index contributed by atoms with van der Waals surface area (Å²) < 4.78 is 0. The van der Waals surface area contributed by atoms with Crippen molar-refractivity contribution in [2.45, 2.75) is 33.1 Å². The minimum absolute atomic E-state index is 0.00203. The maximum atomic E-state index is 12.7. The second-order valence-corrected chi connectivity index (χ2v) is 7.17. The van der Waals surface area contributed by atoms with E-state index in [2.05, 4.69) is 31.0 Å². The number of carbonyl (C=O) groups is 1. The van der Waals surface area contributed by atoms with Gasteiger partial charge in [0.2, 0.25) is 5.91 Å². The first-order valence-corrected chi connectivity index (χ1v) is 7.83. The Balaban J connectivity index is 1.71. The number of aromatic hydroxyl groups is 2. The molecule has 5 heteroatoms. The molecule has 0 spiro atoms. The van der Waals surface area contributed by atoms with E-state index in [0.29, 0.717) is 11.5 Å². The van der Waals surface area contributed by atoms with Crippen molar-refractivity contribution in [3.05, 3.63) is 35.9 Å². The first-order chi connectivity index (χ1) is 10.8. The van der Waals surface area contributed by atoms with Crippen LogP contribution in [0.5, 0.6) is 11.5 Å². The Morgan fingerprint density at radius 3 is 2.74 bits per heavy atom. The number of amides is 1. The summed E-state index contributed by atoms with van der Waals surface area (Å²) in [5.74, 6) is 0.00332. The fraction of sp³-hybridized carbons (Fsp3) is 0.444. The highest BCUT2D eigenvalue weighted by Gasteiger charge is 2.60. The fourth-order valence-electron chi connectivity index (χ4n) is 4.04. The number of carbonyl (C=O) groups excluding carboxylic acids is 1. The number of rotatable bonds is 3. The molecule has 23 heavy (non-hydrogen) atoms. The Hall–Kier alpha value is -2.30. The van der Waals surface area contributed by atoms with Crippen LogP contribution in [0.15, 0.2) is 35.5 Å². The van der Waals surface area contributed by atoms with E-state index in [4.69, 9.17) is 0 Å². The van der Waals surface area contributed by atoms with Gasteiger partial charge in [-0.15, -0.1) is 0 Å². The fourth-order valence-corrected chi connectivity index (χ4v) is 4.04. The molecular formula is C18H22N2O3. The smallest absolute Gasteiger partial charge is 0.250 e. The topological polar surface area (TPSA) is 81.9 Å². The van der Waals surface area contributed by atoms with Gasteiger partial charge in [0.15, 0.2) is 11.5 Å². The highest BCUT2D eigenvalue weighted by atomic mass is 16.3. The molecule has 1 aromatic carbocycles. The summed E-state index contributed by atoms with van der Waals surface area (Å²) in [5.41, 5.74) is 3.73. The van der Waals surface area contributed by atoms with Crippen LogP contribution in [0.3, 0.4) is 0 Å². The third-order valence-corrected chi connectivity index (χ3v) is 5.70. The predicted octanol–water partition coefficient (Wildman–Crippen LogP) is 2.93. The zero-order chi connectivity index (χ0) is 16.8. The van der Waals surface area contributed by atoms with Crippen LogP contribution in [0.2, 0.25) is 0 Å². The molecule has 0 heterocycles. The number of hydrogen-bond acceptors (Lipinski definition) is 4. The number of nitrogens with one attached hydrogen (secondary N) is 1. The van der Waals surface area contributed by atoms with Crippen LogP contribution < -0.4 is 5.43 Å². The van der Waals surface area contributed by atoms with Gasteiger partial charge >= 0.3 is 0 Å². The van der Waals surface area contributed by atoms with Crippen molar-refractivity contribution in [3.63, 3.8) is 0 Å². The zero-order valence-electron chi connectivity index (χ0n) is 13.5. The number of benzene rings is 1. The Bertz CT molecular complexity index is 708. The first kappa shape index (κ1) is 15.6. The van der Waals surface area contributed by atoms with Gasteiger partial charge < -0.3 is 10.2 Å². The summed E-state index contributed by atoms with van der Waals surface area (Å²) >= 11 is 0. The monoisotopic (exact) mass is 314 g/mol.